The maximum atomic E-state index is 12.7. The highest BCUT2D eigenvalue weighted by Crippen LogP contribution is 2.22. The van der Waals surface area contributed by atoms with Gasteiger partial charge in [-0.2, -0.15) is 0 Å². The first-order valence-corrected chi connectivity index (χ1v) is 11.7. The molecule has 6 heteroatoms. The number of anilines is 1. The molecule has 1 unspecified atom stereocenters. The second kappa shape index (κ2) is 11.3. The van der Waals surface area contributed by atoms with Gasteiger partial charge in [-0.25, -0.2) is 0 Å². The zero-order valence-corrected chi connectivity index (χ0v) is 19.1. The zero-order valence-electron chi connectivity index (χ0n) is 19.1. The van der Waals surface area contributed by atoms with Gasteiger partial charge in [0.15, 0.2) is 0 Å². The number of rotatable bonds is 9. The van der Waals surface area contributed by atoms with Crippen LogP contribution in [0.1, 0.15) is 46.8 Å². The van der Waals surface area contributed by atoms with Gasteiger partial charge in [-0.3, -0.25) is 14.4 Å². The van der Waals surface area contributed by atoms with E-state index in [0.29, 0.717) is 18.5 Å². The van der Waals surface area contributed by atoms with Crippen LogP contribution in [0.5, 0.6) is 0 Å². The molecule has 0 aromatic heterocycles. The largest absolute Gasteiger partial charge is 0.348 e. The third kappa shape index (κ3) is 6.10. The molecule has 1 heterocycles. The van der Waals surface area contributed by atoms with Gasteiger partial charge in [0.2, 0.25) is 11.8 Å². The Morgan fingerprint density at radius 1 is 0.882 bits per heavy atom. The molecule has 1 fully saturated rings. The summed E-state index contributed by atoms with van der Waals surface area (Å²) in [4.78, 5) is 38.8. The number of carbonyl (C=O) groups is 3. The number of aryl methyl sites for hydroxylation is 1. The first-order chi connectivity index (χ1) is 16.6. The average Bonchev–Trinajstić information content (AvgIpc) is 3.32. The molecule has 0 aliphatic carbocycles. The molecule has 34 heavy (non-hydrogen) atoms. The van der Waals surface area contributed by atoms with E-state index in [9.17, 15) is 14.4 Å². The fourth-order valence-electron chi connectivity index (χ4n) is 4.19. The minimum atomic E-state index is -0.324. The molecule has 1 aliphatic heterocycles. The monoisotopic (exact) mass is 455 g/mol. The van der Waals surface area contributed by atoms with Gasteiger partial charge in [-0.1, -0.05) is 60.7 Å². The Morgan fingerprint density at radius 2 is 1.56 bits per heavy atom. The van der Waals surface area contributed by atoms with Gasteiger partial charge in [0.05, 0.1) is 12.6 Å². The Bertz CT molecular complexity index is 1110. The van der Waals surface area contributed by atoms with Crippen molar-refractivity contribution in [2.75, 3.05) is 18.0 Å². The Balaban J connectivity index is 1.32. The van der Waals surface area contributed by atoms with Crippen LogP contribution < -0.4 is 15.5 Å². The molecule has 1 atom stereocenters. The molecule has 4 rings (SSSR count). The number of nitrogens with one attached hydrogen (secondary N) is 2. The fourth-order valence-corrected chi connectivity index (χ4v) is 4.19. The summed E-state index contributed by atoms with van der Waals surface area (Å²) in [5.41, 5.74) is 3.49. The van der Waals surface area contributed by atoms with Gasteiger partial charge in [-0.05, 0) is 54.7 Å². The number of nitrogens with zero attached hydrogens (tertiary/aromatic N) is 1. The molecular formula is C28H29N3O3. The summed E-state index contributed by atoms with van der Waals surface area (Å²) in [7, 11) is 0. The van der Waals surface area contributed by atoms with Gasteiger partial charge in [0.1, 0.15) is 0 Å². The van der Waals surface area contributed by atoms with E-state index < -0.39 is 0 Å². The van der Waals surface area contributed by atoms with Crippen molar-refractivity contribution in [3.63, 3.8) is 0 Å². The van der Waals surface area contributed by atoms with Crippen LogP contribution in [0, 0.1) is 0 Å². The molecule has 3 aromatic rings. The van der Waals surface area contributed by atoms with Gasteiger partial charge < -0.3 is 15.5 Å². The molecule has 3 aromatic carbocycles. The lowest BCUT2D eigenvalue weighted by molar-refractivity contribution is -0.121. The summed E-state index contributed by atoms with van der Waals surface area (Å²) >= 11 is 0. The number of hydrogen-bond acceptors (Lipinski definition) is 3. The van der Waals surface area contributed by atoms with Gasteiger partial charge >= 0.3 is 0 Å². The Labute approximate surface area is 200 Å². The third-order valence-corrected chi connectivity index (χ3v) is 6.03. The Morgan fingerprint density at radius 3 is 2.21 bits per heavy atom. The first kappa shape index (κ1) is 23.2. The number of amides is 3. The van der Waals surface area contributed by atoms with Crippen LogP contribution in [0.15, 0.2) is 84.9 Å². The lowest BCUT2D eigenvalue weighted by atomic mass is 9.99. The van der Waals surface area contributed by atoms with Crippen molar-refractivity contribution in [3.05, 3.63) is 102 Å². The van der Waals surface area contributed by atoms with Crippen LogP contribution in [0.3, 0.4) is 0 Å². The molecule has 0 spiro atoms. The van der Waals surface area contributed by atoms with Crippen LogP contribution in [-0.4, -0.2) is 30.8 Å². The van der Waals surface area contributed by atoms with E-state index in [0.717, 1.165) is 30.5 Å². The SMILES string of the molecule is O=C(CNC(=O)c1ccc(N2CCCC2=O)cc1)NC(CCc1ccccc1)c1ccccc1. The van der Waals surface area contributed by atoms with E-state index in [1.54, 1.807) is 29.2 Å². The van der Waals surface area contributed by atoms with Crippen molar-refractivity contribution in [2.45, 2.75) is 31.7 Å². The molecule has 1 aliphatic rings. The van der Waals surface area contributed by atoms with Crippen molar-refractivity contribution >= 4 is 23.4 Å². The van der Waals surface area contributed by atoms with Crippen molar-refractivity contribution < 1.29 is 14.4 Å². The van der Waals surface area contributed by atoms with E-state index in [4.69, 9.17) is 0 Å². The van der Waals surface area contributed by atoms with E-state index in [1.165, 1.54) is 5.56 Å². The summed E-state index contributed by atoms with van der Waals surface area (Å²) in [6.07, 6.45) is 3.00. The molecule has 0 bridgehead atoms. The second-order valence-corrected chi connectivity index (χ2v) is 8.43. The van der Waals surface area contributed by atoms with Gasteiger partial charge in [0.25, 0.3) is 5.91 Å². The van der Waals surface area contributed by atoms with Gasteiger partial charge in [0, 0.05) is 24.2 Å². The highest BCUT2D eigenvalue weighted by molar-refractivity contribution is 5.98. The smallest absolute Gasteiger partial charge is 0.251 e. The first-order valence-electron chi connectivity index (χ1n) is 11.7. The zero-order chi connectivity index (χ0) is 23.8. The third-order valence-electron chi connectivity index (χ3n) is 6.03. The number of carbonyl (C=O) groups excluding carboxylic acids is 3. The topological polar surface area (TPSA) is 78.5 Å². The van der Waals surface area contributed by atoms with Crippen molar-refractivity contribution in [1.82, 2.24) is 10.6 Å². The standard InChI is InChI=1S/C28H29N3O3/c32-26(20-29-28(34)23-14-16-24(17-15-23)31-19-7-12-27(31)33)30-25(22-10-5-2-6-11-22)18-13-21-8-3-1-4-9-21/h1-6,8-11,14-17,25H,7,12-13,18-20H2,(H,29,34)(H,30,32). The van der Waals surface area contributed by atoms with Gasteiger partial charge in [-0.15, -0.1) is 0 Å². The molecular weight excluding hydrogens is 426 g/mol. The van der Waals surface area contributed by atoms with Crippen LogP contribution in [0.2, 0.25) is 0 Å². The van der Waals surface area contributed by atoms with Crippen LogP contribution in [0.25, 0.3) is 0 Å². The molecule has 3 amide bonds. The lowest BCUT2D eigenvalue weighted by Crippen LogP contribution is -2.38. The summed E-state index contributed by atoms with van der Waals surface area (Å²) in [6.45, 7) is 0.595. The van der Waals surface area contributed by atoms with Crippen LogP contribution >= 0.6 is 0 Å². The van der Waals surface area contributed by atoms with E-state index in [2.05, 4.69) is 22.8 Å². The molecule has 2 N–H and O–H groups in total. The summed E-state index contributed by atoms with van der Waals surface area (Å²) in [5.74, 6) is -0.460. The predicted octanol–water partition coefficient (Wildman–Crippen LogP) is 4.03. The fraction of sp³-hybridized carbons (Fsp3) is 0.250. The quantitative estimate of drug-likeness (QED) is 0.511. The second-order valence-electron chi connectivity index (χ2n) is 8.43. The van der Waals surface area contributed by atoms with Crippen molar-refractivity contribution in [3.8, 4) is 0 Å². The van der Waals surface area contributed by atoms with Crippen molar-refractivity contribution in [2.24, 2.45) is 0 Å². The average molecular weight is 456 g/mol. The van der Waals surface area contributed by atoms with Crippen LogP contribution in [0.4, 0.5) is 5.69 Å². The van der Waals surface area contributed by atoms with Crippen molar-refractivity contribution in [1.29, 1.82) is 0 Å². The molecule has 0 saturated carbocycles. The summed E-state index contributed by atoms with van der Waals surface area (Å²) in [6, 6.07) is 26.8. The molecule has 1 saturated heterocycles. The maximum Gasteiger partial charge on any atom is 0.251 e. The Hall–Kier alpha value is -3.93. The predicted molar refractivity (Wildman–Crippen MR) is 132 cm³/mol. The van der Waals surface area contributed by atoms with E-state index >= 15 is 0 Å². The summed E-state index contributed by atoms with van der Waals surface area (Å²) in [5, 5.41) is 5.76. The maximum absolute atomic E-state index is 12.7. The number of hydrogen-bond donors (Lipinski definition) is 2. The molecule has 0 radical (unpaired) electrons. The summed E-state index contributed by atoms with van der Waals surface area (Å²) < 4.78 is 0. The molecule has 174 valence electrons. The lowest BCUT2D eigenvalue weighted by Gasteiger charge is -2.20. The minimum Gasteiger partial charge on any atom is -0.348 e. The van der Waals surface area contributed by atoms with E-state index in [1.807, 2.05) is 48.5 Å². The molecule has 6 nitrogen and oxygen atoms in total. The van der Waals surface area contributed by atoms with Crippen LogP contribution in [-0.2, 0) is 16.0 Å². The normalized spacial score (nSPS) is 14.0. The highest BCUT2D eigenvalue weighted by Gasteiger charge is 2.22. The highest BCUT2D eigenvalue weighted by atomic mass is 16.2. The number of benzene rings is 3. The van der Waals surface area contributed by atoms with E-state index in [-0.39, 0.29) is 30.3 Å². The minimum absolute atomic E-state index is 0.106. The Kier molecular flexibility index (Phi) is 7.71.